The first kappa shape index (κ1) is 13.2. The van der Waals surface area contributed by atoms with Crippen molar-refractivity contribution >= 4 is 34.5 Å². The van der Waals surface area contributed by atoms with Crippen molar-refractivity contribution < 1.29 is 0 Å². The molecule has 1 heterocycles. The Labute approximate surface area is 118 Å². The molecule has 1 aliphatic heterocycles. The Morgan fingerprint density at radius 3 is 2.56 bits per heavy atom. The van der Waals surface area contributed by atoms with Crippen LogP contribution < -0.4 is 0 Å². The normalized spacial score (nSPS) is 17.8. The van der Waals surface area contributed by atoms with E-state index in [0.29, 0.717) is 6.54 Å². The summed E-state index contributed by atoms with van der Waals surface area (Å²) in [6.07, 6.45) is 1.80. The van der Waals surface area contributed by atoms with Crippen molar-refractivity contribution in [3.8, 4) is 0 Å². The van der Waals surface area contributed by atoms with Crippen molar-refractivity contribution in [3.05, 3.63) is 47.5 Å². The van der Waals surface area contributed by atoms with E-state index in [9.17, 15) is 0 Å². The third kappa shape index (κ3) is 2.20. The highest BCUT2D eigenvalue weighted by atomic mass is 35.5. The van der Waals surface area contributed by atoms with E-state index in [-0.39, 0.29) is 5.41 Å². The van der Waals surface area contributed by atoms with E-state index < -0.39 is 0 Å². The third-order valence-electron chi connectivity index (χ3n) is 3.00. The van der Waals surface area contributed by atoms with E-state index >= 15 is 0 Å². The molecule has 0 aromatic heterocycles. The first-order valence-electron chi connectivity index (χ1n) is 5.74. The molecule has 0 atom stereocenters. The quantitative estimate of drug-likeness (QED) is 0.616. The molecule has 0 fully saturated rings. The predicted octanol–water partition coefficient (Wildman–Crippen LogP) is 3.90. The number of halogens is 1. The van der Waals surface area contributed by atoms with E-state index in [2.05, 4.69) is 25.5 Å². The number of hydrogen-bond acceptors (Lipinski definition) is 2. The summed E-state index contributed by atoms with van der Waals surface area (Å²) in [5.41, 5.74) is 1.79. The monoisotopic (exact) mass is 278 g/mol. The second-order valence-corrected chi connectivity index (χ2v) is 5.58. The van der Waals surface area contributed by atoms with Crippen LogP contribution in [0.5, 0.6) is 0 Å². The fourth-order valence-corrected chi connectivity index (χ4v) is 2.33. The SMILES string of the molecule is C=CCN1N=C(c2ccc(Cl)cc2)C(C)(C)C1=S. The van der Waals surface area contributed by atoms with Gasteiger partial charge in [-0.2, -0.15) is 5.10 Å². The number of rotatable bonds is 3. The molecule has 18 heavy (non-hydrogen) atoms. The van der Waals surface area contributed by atoms with Crippen LogP contribution in [0.3, 0.4) is 0 Å². The van der Waals surface area contributed by atoms with E-state index in [1.807, 2.05) is 29.3 Å². The Morgan fingerprint density at radius 2 is 2.00 bits per heavy atom. The Hall–Kier alpha value is -1.19. The van der Waals surface area contributed by atoms with E-state index in [0.717, 1.165) is 21.3 Å². The highest BCUT2D eigenvalue weighted by Crippen LogP contribution is 2.33. The summed E-state index contributed by atoms with van der Waals surface area (Å²) >= 11 is 11.4. The number of nitrogens with zero attached hydrogens (tertiary/aromatic N) is 2. The zero-order valence-corrected chi connectivity index (χ0v) is 12.1. The molecule has 0 saturated carbocycles. The summed E-state index contributed by atoms with van der Waals surface area (Å²) in [5.74, 6) is 0. The lowest BCUT2D eigenvalue weighted by Crippen LogP contribution is -2.33. The van der Waals surface area contributed by atoms with E-state index in [1.54, 1.807) is 6.08 Å². The van der Waals surface area contributed by atoms with Crippen molar-refractivity contribution in [2.75, 3.05) is 6.54 Å². The van der Waals surface area contributed by atoms with Crippen molar-refractivity contribution in [1.29, 1.82) is 0 Å². The first-order valence-corrected chi connectivity index (χ1v) is 6.53. The summed E-state index contributed by atoms with van der Waals surface area (Å²) < 4.78 is 0. The Bertz CT molecular complexity index is 517. The second kappa shape index (κ2) is 4.82. The highest BCUT2D eigenvalue weighted by Gasteiger charge is 2.39. The summed E-state index contributed by atoms with van der Waals surface area (Å²) in [6, 6.07) is 7.69. The van der Waals surface area contributed by atoms with Crippen molar-refractivity contribution in [3.63, 3.8) is 0 Å². The minimum absolute atomic E-state index is 0.244. The Balaban J connectivity index is 2.42. The molecule has 0 unspecified atom stereocenters. The molecule has 4 heteroatoms. The molecule has 0 saturated heterocycles. The summed E-state index contributed by atoms with van der Waals surface area (Å²) in [4.78, 5) is 0.826. The molecule has 1 aromatic carbocycles. The maximum atomic E-state index is 5.91. The lowest BCUT2D eigenvalue weighted by Gasteiger charge is -2.22. The maximum absolute atomic E-state index is 5.91. The average molecular weight is 279 g/mol. The number of thiocarbonyl (C=S) groups is 1. The van der Waals surface area contributed by atoms with Gasteiger partial charge in [0.2, 0.25) is 0 Å². The molecular weight excluding hydrogens is 264 g/mol. The topological polar surface area (TPSA) is 15.6 Å². The van der Waals surface area contributed by atoms with Gasteiger partial charge in [0.05, 0.1) is 17.7 Å². The van der Waals surface area contributed by atoms with E-state index in [4.69, 9.17) is 23.8 Å². The molecule has 0 radical (unpaired) electrons. The van der Waals surface area contributed by atoms with Crippen molar-refractivity contribution in [2.45, 2.75) is 13.8 Å². The van der Waals surface area contributed by atoms with Crippen molar-refractivity contribution in [1.82, 2.24) is 5.01 Å². The lowest BCUT2D eigenvalue weighted by molar-refractivity contribution is 0.499. The molecule has 0 N–H and O–H groups in total. The Kier molecular flexibility index (Phi) is 3.55. The molecule has 94 valence electrons. The smallest absolute Gasteiger partial charge is 0.111 e. The van der Waals surface area contributed by atoms with Crippen LogP contribution in [0.25, 0.3) is 0 Å². The van der Waals surface area contributed by atoms with Gasteiger partial charge in [-0.1, -0.05) is 42.0 Å². The van der Waals surface area contributed by atoms with Gasteiger partial charge in [0, 0.05) is 5.02 Å². The lowest BCUT2D eigenvalue weighted by atomic mass is 9.84. The van der Waals surface area contributed by atoms with Gasteiger partial charge in [0.1, 0.15) is 4.99 Å². The van der Waals surface area contributed by atoms with Gasteiger partial charge >= 0.3 is 0 Å². The van der Waals surface area contributed by atoms with Crippen LogP contribution in [0.15, 0.2) is 42.0 Å². The van der Waals surface area contributed by atoms with Crippen molar-refractivity contribution in [2.24, 2.45) is 10.5 Å². The summed E-state index contributed by atoms with van der Waals surface area (Å²) in [6.45, 7) is 8.54. The number of hydrazone groups is 1. The van der Waals surface area contributed by atoms with Gasteiger partial charge in [-0.25, -0.2) is 0 Å². The van der Waals surface area contributed by atoms with Crippen LogP contribution in [0, 0.1) is 5.41 Å². The predicted molar refractivity (Wildman–Crippen MR) is 81.3 cm³/mol. The molecule has 1 aliphatic rings. The number of benzene rings is 1. The minimum atomic E-state index is -0.244. The maximum Gasteiger partial charge on any atom is 0.111 e. The summed E-state index contributed by atoms with van der Waals surface area (Å²) in [5, 5.41) is 7.15. The van der Waals surface area contributed by atoms with E-state index in [1.165, 1.54) is 0 Å². The van der Waals surface area contributed by atoms with Gasteiger partial charge in [-0.15, -0.1) is 6.58 Å². The second-order valence-electron chi connectivity index (χ2n) is 4.76. The molecule has 0 aliphatic carbocycles. The van der Waals surface area contributed by atoms with Crippen LogP contribution in [0.4, 0.5) is 0 Å². The molecule has 0 bridgehead atoms. The highest BCUT2D eigenvalue weighted by molar-refractivity contribution is 7.80. The summed E-state index contributed by atoms with van der Waals surface area (Å²) in [7, 11) is 0. The van der Waals surface area contributed by atoms with Crippen LogP contribution in [0.2, 0.25) is 5.02 Å². The number of hydrogen-bond donors (Lipinski definition) is 0. The minimum Gasteiger partial charge on any atom is -0.254 e. The van der Waals surface area contributed by atoms with Crippen LogP contribution >= 0.6 is 23.8 Å². The van der Waals surface area contributed by atoms with Gasteiger partial charge in [0.15, 0.2) is 0 Å². The molecule has 1 aromatic rings. The van der Waals surface area contributed by atoms with Gasteiger partial charge in [-0.05, 0) is 31.5 Å². The van der Waals surface area contributed by atoms with Crippen LogP contribution in [-0.2, 0) is 0 Å². The fourth-order valence-electron chi connectivity index (χ4n) is 1.99. The molecule has 2 rings (SSSR count). The van der Waals surface area contributed by atoms with Gasteiger partial charge < -0.3 is 0 Å². The molecule has 0 spiro atoms. The van der Waals surface area contributed by atoms with Gasteiger partial charge in [-0.3, -0.25) is 5.01 Å². The zero-order valence-electron chi connectivity index (χ0n) is 10.5. The zero-order chi connectivity index (χ0) is 13.3. The molecule has 0 amide bonds. The Morgan fingerprint density at radius 1 is 1.39 bits per heavy atom. The first-order chi connectivity index (χ1) is 8.46. The fraction of sp³-hybridized carbons (Fsp3) is 0.286. The van der Waals surface area contributed by atoms with Crippen LogP contribution in [0.1, 0.15) is 19.4 Å². The largest absolute Gasteiger partial charge is 0.254 e. The molecular formula is C14H15ClN2S. The molecule has 2 nitrogen and oxygen atoms in total. The average Bonchev–Trinajstić information content (AvgIpc) is 2.55. The third-order valence-corrected chi connectivity index (χ3v) is 3.97. The van der Waals surface area contributed by atoms with Crippen LogP contribution in [-0.4, -0.2) is 22.3 Å². The standard InChI is InChI=1S/C14H15ClN2S/c1-4-9-17-13(18)14(2,3)12(16-17)10-5-7-11(15)8-6-10/h4-8H,1,9H2,2-3H3. The van der Waals surface area contributed by atoms with Gasteiger partial charge in [0.25, 0.3) is 0 Å².